The predicted molar refractivity (Wildman–Crippen MR) is 95.6 cm³/mol. The van der Waals surface area contributed by atoms with Gasteiger partial charge in [0.2, 0.25) is 0 Å². The van der Waals surface area contributed by atoms with Gasteiger partial charge in [0, 0.05) is 36.7 Å². The number of aryl methyl sites for hydroxylation is 1. The Morgan fingerprint density at radius 2 is 1.83 bits per heavy atom. The van der Waals surface area contributed by atoms with Crippen molar-refractivity contribution in [2.45, 2.75) is 33.0 Å². The summed E-state index contributed by atoms with van der Waals surface area (Å²) in [4.78, 5) is 0. The molecule has 3 rings (SSSR count). The number of aliphatic hydroxyl groups excluding tert-OH is 1. The van der Waals surface area contributed by atoms with E-state index in [-0.39, 0.29) is 6.10 Å². The van der Waals surface area contributed by atoms with Crippen molar-refractivity contribution in [3.05, 3.63) is 71.4 Å². The zero-order valence-corrected chi connectivity index (χ0v) is 13.8. The van der Waals surface area contributed by atoms with E-state index in [1.165, 1.54) is 27.6 Å². The van der Waals surface area contributed by atoms with E-state index in [4.69, 9.17) is 0 Å². The Kier molecular flexibility index (Phi) is 4.79. The molecule has 3 heteroatoms. The summed E-state index contributed by atoms with van der Waals surface area (Å²) in [6.07, 6.45) is 1.90. The average Bonchev–Trinajstić information content (AvgIpc) is 2.88. The van der Waals surface area contributed by atoms with Crippen molar-refractivity contribution in [3.8, 4) is 0 Å². The van der Waals surface area contributed by atoms with Crippen LogP contribution in [0.5, 0.6) is 0 Å². The highest BCUT2D eigenvalue weighted by atomic mass is 16.3. The van der Waals surface area contributed by atoms with Gasteiger partial charge in [0.05, 0.1) is 6.10 Å². The maximum Gasteiger partial charge on any atom is 0.0636 e. The second kappa shape index (κ2) is 6.99. The van der Waals surface area contributed by atoms with E-state index >= 15 is 0 Å². The summed E-state index contributed by atoms with van der Waals surface area (Å²) in [6, 6.07) is 17.2. The van der Waals surface area contributed by atoms with Crippen molar-refractivity contribution in [3.63, 3.8) is 0 Å². The second-order valence-corrected chi connectivity index (χ2v) is 6.26. The Morgan fingerprint density at radius 3 is 2.57 bits per heavy atom. The van der Waals surface area contributed by atoms with Gasteiger partial charge in [-0.2, -0.15) is 0 Å². The Morgan fingerprint density at radius 1 is 1.09 bits per heavy atom. The molecule has 2 aromatic carbocycles. The third kappa shape index (κ3) is 3.81. The van der Waals surface area contributed by atoms with E-state index in [1.54, 1.807) is 6.92 Å². The lowest BCUT2D eigenvalue weighted by Gasteiger charge is -2.06. The van der Waals surface area contributed by atoms with Gasteiger partial charge >= 0.3 is 0 Å². The minimum Gasteiger partial charge on any atom is -0.392 e. The van der Waals surface area contributed by atoms with Gasteiger partial charge in [-0.25, -0.2) is 0 Å². The average molecular weight is 308 g/mol. The lowest BCUT2D eigenvalue weighted by atomic mass is 10.1. The first-order valence-electron chi connectivity index (χ1n) is 8.14. The highest BCUT2D eigenvalue weighted by Crippen LogP contribution is 2.22. The molecule has 3 aromatic rings. The van der Waals surface area contributed by atoms with Crippen LogP contribution < -0.4 is 5.32 Å². The van der Waals surface area contributed by atoms with E-state index in [1.807, 2.05) is 0 Å². The number of aliphatic hydroxyl groups is 1. The number of fused-ring (bicyclic) bond motifs is 1. The van der Waals surface area contributed by atoms with Gasteiger partial charge < -0.3 is 15.0 Å². The molecule has 0 saturated carbocycles. The zero-order valence-electron chi connectivity index (χ0n) is 13.8. The van der Waals surface area contributed by atoms with Gasteiger partial charge in [0.1, 0.15) is 0 Å². The first-order chi connectivity index (χ1) is 11.1. The fourth-order valence-electron chi connectivity index (χ4n) is 2.90. The fourth-order valence-corrected chi connectivity index (χ4v) is 2.90. The van der Waals surface area contributed by atoms with Gasteiger partial charge in [-0.1, -0.05) is 48.0 Å². The van der Waals surface area contributed by atoms with Gasteiger partial charge in [-0.3, -0.25) is 0 Å². The van der Waals surface area contributed by atoms with E-state index in [0.29, 0.717) is 6.54 Å². The third-order valence-electron chi connectivity index (χ3n) is 4.10. The Bertz CT molecular complexity index is 772. The van der Waals surface area contributed by atoms with Crippen LogP contribution in [0.4, 0.5) is 0 Å². The molecule has 120 valence electrons. The van der Waals surface area contributed by atoms with Crippen LogP contribution in [-0.4, -0.2) is 22.3 Å². The van der Waals surface area contributed by atoms with Gasteiger partial charge in [0.25, 0.3) is 0 Å². The number of para-hydroxylation sites is 1. The number of benzene rings is 2. The standard InChI is InChI=1S/C20H24N2O/c1-15-7-9-17(10-8-15)13-22-14-18(12-21-11-16(2)23)19-5-3-4-6-20(19)22/h3-10,14,16,21,23H,11-13H2,1-2H3/t16-/m0/s1. The minimum atomic E-state index is -0.323. The summed E-state index contributed by atoms with van der Waals surface area (Å²) < 4.78 is 2.30. The number of aromatic nitrogens is 1. The minimum absolute atomic E-state index is 0.323. The number of rotatable bonds is 6. The van der Waals surface area contributed by atoms with Crippen LogP contribution in [0.2, 0.25) is 0 Å². The van der Waals surface area contributed by atoms with Crippen LogP contribution in [0.1, 0.15) is 23.6 Å². The Hall–Kier alpha value is -2.10. The normalized spacial score (nSPS) is 12.7. The molecule has 0 aliphatic rings. The summed E-state index contributed by atoms with van der Waals surface area (Å²) in [7, 11) is 0. The largest absolute Gasteiger partial charge is 0.392 e. The first kappa shape index (κ1) is 15.8. The lowest BCUT2D eigenvalue weighted by molar-refractivity contribution is 0.191. The van der Waals surface area contributed by atoms with Crippen molar-refractivity contribution < 1.29 is 5.11 Å². The molecule has 1 heterocycles. The SMILES string of the molecule is Cc1ccc(Cn2cc(CNC[C@H](C)O)c3ccccc32)cc1. The number of nitrogens with one attached hydrogen (secondary N) is 1. The smallest absolute Gasteiger partial charge is 0.0636 e. The van der Waals surface area contributed by atoms with Crippen LogP contribution in [0, 0.1) is 6.92 Å². The highest BCUT2D eigenvalue weighted by Gasteiger charge is 2.08. The van der Waals surface area contributed by atoms with Crippen LogP contribution in [0.25, 0.3) is 10.9 Å². The molecule has 0 saturated heterocycles. The fraction of sp³-hybridized carbons (Fsp3) is 0.300. The van der Waals surface area contributed by atoms with Crippen LogP contribution >= 0.6 is 0 Å². The molecule has 0 aliphatic carbocycles. The third-order valence-corrected chi connectivity index (χ3v) is 4.10. The summed E-state index contributed by atoms with van der Waals surface area (Å²) in [5.74, 6) is 0. The zero-order chi connectivity index (χ0) is 16.2. The molecule has 23 heavy (non-hydrogen) atoms. The Labute approximate surface area is 137 Å². The summed E-state index contributed by atoms with van der Waals surface area (Å²) in [6.45, 7) is 6.16. The molecule has 1 aromatic heterocycles. The first-order valence-corrected chi connectivity index (χ1v) is 8.14. The highest BCUT2D eigenvalue weighted by molar-refractivity contribution is 5.84. The number of hydrogen-bond donors (Lipinski definition) is 2. The van der Waals surface area contributed by atoms with Gasteiger partial charge in [0.15, 0.2) is 0 Å². The number of hydrogen-bond acceptors (Lipinski definition) is 2. The summed E-state index contributed by atoms with van der Waals surface area (Å²) in [5.41, 5.74) is 5.12. The molecule has 0 unspecified atom stereocenters. The van der Waals surface area contributed by atoms with Crippen LogP contribution in [-0.2, 0) is 13.1 Å². The molecule has 0 spiro atoms. The van der Waals surface area contributed by atoms with Gasteiger partial charge in [-0.05, 0) is 31.0 Å². The quantitative estimate of drug-likeness (QED) is 0.731. The van der Waals surface area contributed by atoms with E-state index in [2.05, 4.69) is 71.5 Å². The van der Waals surface area contributed by atoms with Crippen molar-refractivity contribution >= 4 is 10.9 Å². The van der Waals surface area contributed by atoms with Crippen molar-refractivity contribution in [2.75, 3.05) is 6.54 Å². The molecule has 0 bridgehead atoms. The van der Waals surface area contributed by atoms with Crippen molar-refractivity contribution in [1.82, 2.24) is 9.88 Å². The molecular formula is C20H24N2O. The number of nitrogens with zero attached hydrogens (tertiary/aromatic N) is 1. The lowest BCUT2D eigenvalue weighted by Crippen LogP contribution is -2.23. The summed E-state index contributed by atoms with van der Waals surface area (Å²) >= 11 is 0. The van der Waals surface area contributed by atoms with Gasteiger partial charge in [-0.15, -0.1) is 0 Å². The molecule has 2 N–H and O–H groups in total. The second-order valence-electron chi connectivity index (χ2n) is 6.26. The predicted octanol–water partition coefficient (Wildman–Crippen LogP) is 3.47. The van der Waals surface area contributed by atoms with Crippen molar-refractivity contribution in [2.24, 2.45) is 0 Å². The molecule has 1 atom stereocenters. The molecule has 0 radical (unpaired) electrons. The van der Waals surface area contributed by atoms with Crippen LogP contribution in [0.3, 0.4) is 0 Å². The topological polar surface area (TPSA) is 37.2 Å². The Balaban J connectivity index is 1.86. The van der Waals surface area contributed by atoms with Crippen molar-refractivity contribution in [1.29, 1.82) is 0 Å². The maximum absolute atomic E-state index is 9.40. The van der Waals surface area contributed by atoms with E-state index in [0.717, 1.165) is 13.1 Å². The monoisotopic (exact) mass is 308 g/mol. The van der Waals surface area contributed by atoms with E-state index < -0.39 is 0 Å². The molecule has 0 aliphatic heterocycles. The van der Waals surface area contributed by atoms with Crippen LogP contribution in [0.15, 0.2) is 54.7 Å². The molecule has 0 fully saturated rings. The maximum atomic E-state index is 9.40. The molecule has 0 amide bonds. The molecule has 3 nitrogen and oxygen atoms in total. The molecular weight excluding hydrogens is 284 g/mol. The van der Waals surface area contributed by atoms with E-state index in [9.17, 15) is 5.11 Å². The summed E-state index contributed by atoms with van der Waals surface area (Å²) in [5, 5.41) is 14.0.